The summed E-state index contributed by atoms with van der Waals surface area (Å²) in [4.78, 5) is 40.0. The van der Waals surface area contributed by atoms with Gasteiger partial charge in [-0.05, 0) is 38.0 Å². The predicted molar refractivity (Wildman–Crippen MR) is 96.5 cm³/mol. The van der Waals surface area contributed by atoms with Gasteiger partial charge in [-0.1, -0.05) is 6.07 Å². The molecule has 146 valence electrons. The highest BCUT2D eigenvalue weighted by Crippen LogP contribution is 2.27. The molecule has 3 rings (SSSR count). The van der Waals surface area contributed by atoms with Crippen molar-refractivity contribution in [3.63, 3.8) is 0 Å². The highest BCUT2D eigenvalue weighted by atomic mass is 19.1. The Morgan fingerprint density at radius 3 is 2.70 bits per heavy atom. The lowest BCUT2D eigenvalue weighted by molar-refractivity contribution is -0.130. The van der Waals surface area contributed by atoms with Gasteiger partial charge in [0, 0.05) is 37.8 Å². The van der Waals surface area contributed by atoms with E-state index in [1.54, 1.807) is 22.8 Å². The number of likely N-dealkylation sites (tertiary alicyclic amines) is 2. The van der Waals surface area contributed by atoms with E-state index < -0.39 is 11.7 Å². The number of carbonyl (C=O) groups is 3. The highest BCUT2D eigenvalue weighted by Gasteiger charge is 2.39. The van der Waals surface area contributed by atoms with Gasteiger partial charge in [0.1, 0.15) is 5.82 Å². The minimum absolute atomic E-state index is 0.0233. The second-order valence-corrected chi connectivity index (χ2v) is 6.86. The molecule has 1 aromatic rings. The van der Waals surface area contributed by atoms with Gasteiger partial charge in [0.05, 0.1) is 12.5 Å². The second-order valence-electron chi connectivity index (χ2n) is 6.86. The molecule has 2 fully saturated rings. The van der Waals surface area contributed by atoms with Crippen LogP contribution in [0.25, 0.3) is 0 Å². The Labute approximate surface area is 157 Å². The summed E-state index contributed by atoms with van der Waals surface area (Å²) in [5, 5.41) is 2.68. The van der Waals surface area contributed by atoms with Gasteiger partial charge < -0.3 is 19.9 Å². The predicted octanol–water partition coefficient (Wildman–Crippen LogP) is 2.23. The number of ether oxygens (including phenoxy) is 1. The maximum Gasteiger partial charge on any atom is 0.409 e. The molecule has 0 bridgehead atoms. The summed E-state index contributed by atoms with van der Waals surface area (Å²) in [6.07, 6.45) is 1.17. The quantitative estimate of drug-likeness (QED) is 0.873. The van der Waals surface area contributed by atoms with Gasteiger partial charge in [0.15, 0.2) is 0 Å². The summed E-state index contributed by atoms with van der Waals surface area (Å²) in [7, 11) is 0. The zero-order valence-corrected chi connectivity index (χ0v) is 15.3. The van der Waals surface area contributed by atoms with Crippen LogP contribution >= 0.6 is 0 Å². The number of carbonyl (C=O) groups excluding carboxylic acids is 3. The van der Waals surface area contributed by atoms with Crippen LogP contribution in [0, 0.1) is 11.7 Å². The number of hydrogen-bond acceptors (Lipinski definition) is 4. The Kier molecular flexibility index (Phi) is 5.93. The van der Waals surface area contributed by atoms with E-state index in [1.165, 1.54) is 18.2 Å². The first-order valence-electron chi connectivity index (χ1n) is 9.25. The van der Waals surface area contributed by atoms with E-state index in [2.05, 4.69) is 5.32 Å². The van der Waals surface area contributed by atoms with Crippen molar-refractivity contribution < 1.29 is 23.5 Å². The number of nitrogens with one attached hydrogen (secondary N) is 1. The first-order chi connectivity index (χ1) is 13.0. The molecule has 1 N–H and O–H groups in total. The molecule has 0 aromatic heterocycles. The lowest BCUT2D eigenvalue weighted by Crippen LogP contribution is -2.47. The van der Waals surface area contributed by atoms with Gasteiger partial charge in [-0.15, -0.1) is 0 Å². The molecule has 0 spiro atoms. The molecule has 8 heteroatoms. The van der Waals surface area contributed by atoms with Crippen molar-refractivity contribution in [3.05, 3.63) is 30.1 Å². The molecule has 1 unspecified atom stereocenters. The summed E-state index contributed by atoms with van der Waals surface area (Å²) in [5.74, 6) is -1.21. The first kappa shape index (κ1) is 19.1. The van der Waals surface area contributed by atoms with Gasteiger partial charge in [-0.3, -0.25) is 9.59 Å². The van der Waals surface area contributed by atoms with E-state index in [0.717, 1.165) is 0 Å². The fourth-order valence-corrected chi connectivity index (χ4v) is 3.65. The van der Waals surface area contributed by atoms with Gasteiger partial charge in [0.25, 0.3) is 0 Å². The van der Waals surface area contributed by atoms with E-state index in [9.17, 15) is 18.8 Å². The largest absolute Gasteiger partial charge is 0.450 e. The monoisotopic (exact) mass is 377 g/mol. The van der Waals surface area contributed by atoms with Crippen molar-refractivity contribution in [2.75, 3.05) is 31.6 Å². The number of nitrogens with zero attached hydrogens (tertiary/aromatic N) is 2. The smallest absolute Gasteiger partial charge is 0.409 e. The van der Waals surface area contributed by atoms with Gasteiger partial charge in [0.2, 0.25) is 11.8 Å². The molecule has 0 saturated carbocycles. The highest BCUT2D eigenvalue weighted by molar-refractivity contribution is 5.97. The summed E-state index contributed by atoms with van der Waals surface area (Å²) in [5.41, 5.74) is 0.383. The van der Waals surface area contributed by atoms with Crippen LogP contribution in [0.5, 0.6) is 0 Å². The van der Waals surface area contributed by atoms with E-state index in [-0.39, 0.29) is 30.4 Å². The Hall–Kier alpha value is -2.64. The third-order valence-electron chi connectivity index (χ3n) is 5.05. The maximum absolute atomic E-state index is 13.2. The molecule has 2 aliphatic rings. The van der Waals surface area contributed by atoms with Crippen molar-refractivity contribution in [2.45, 2.75) is 32.2 Å². The van der Waals surface area contributed by atoms with Crippen LogP contribution in [0.2, 0.25) is 0 Å². The van der Waals surface area contributed by atoms with Crippen LogP contribution in [-0.4, -0.2) is 60.0 Å². The summed E-state index contributed by atoms with van der Waals surface area (Å²) in [6.45, 7) is 3.53. The van der Waals surface area contributed by atoms with Crippen molar-refractivity contribution in [1.29, 1.82) is 0 Å². The van der Waals surface area contributed by atoms with E-state index >= 15 is 0 Å². The first-order valence-corrected chi connectivity index (χ1v) is 9.25. The molecule has 0 radical (unpaired) electrons. The van der Waals surface area contributed by atoms with Gasteiger partial charge in [-0.25, -0.2) is 9.18 Å². The SMILES string of the molecule is CCOC(=O)N1CCC(N2CC(C(=O)Nc3cccc(F)c3)CC2=O)CC1. The van der Waals surface area contributed by atoms with Gasteiger partial charge in [-0.2, -0.15) is 0 Å². The number of hydrogen-bond donors (Lipinski definition) is 1. The van der Waals surface area contributed by atoms with E-state index in [1.807, 2.05) is 0 Å². The van der Waals surface area contributed by atoms with Crippen LogP contribution < -0.4 is 5.32 Å². The molecular weight excluding hydrogens is 353 g/mol. The molecule has 7 nitrogen and oxygen atoms in total. The fraction of sp³-hybridized carbons (Fsp3) is 0.526. The summed E-state index contributed by atoms with van der Waals surface area (Å²) < 4.78 is 18.3. The lowest BCUT2D eigenvalue weighted by Gasteiger charge is -2.36. The van der Waals surface area contributed by atoms with Crippen molar-refractivity contribution >= 4 is 23.6 Å². The summed E-state index contributed by atoms with van der Waals surface area (Å²) in [6, 6.07) is 5.71. The molecule has 2 heterocycles. The molecule has 3 amide bonds. The molecule has 1 aromatic carbocycles. The fourth-order valence-electron chi connectivity index (χ4n) is 3.65. The van der Waals surface area contributed by atoms with E-state index in [4.69, 9.17) is 4.74 Å². The Balaban J connectivity index is 1.53. The van der Waals surface area contributed by atoms with Crippen molar-refractivity contribution in [2.24, 2.45) is 5.92 Å². The average Bonchev–Trinajstić information content (AvgIpc) is 3.04. The molecule has 0 aliphatic carbocycles. The molecule has 2 aliphatic heterocycles. The van der Waals surface area contributed by atoms with Crippen molar-refractivity contribution in [1.82, 2.24) is 9.80 Å². The lowest BCUT2D eigenvalue weighted by atomic mass is 10.0. The molecule has 1 atom stereocenters. The minimum atomic E-state index is -0.455. The number of piperidine rings is 1. The average molecular weight is 377 g/mol. The Morgan fingerprint density at radius 2 is 2.04 bits per heavy atom. The summed E-state index contributed by atoms with van der Waals surface area (Å²) >= 11 is 0. The van der Waals surface area contributed by atoms with Crippen LogP contribution in [0.15, 0.2) is 24.3 Å². The normalized spacial score (nSPS) is 20.7. The number of rotatable bonds is 4. The molecule has 27 heavy (non-hydrogen) atoms. The van der Waals surface area contributed by atoms with Crippen LogP contribution in [0.3, 0.4) is 0 Å². The number of anilines is 1. The second kappa shape index (κ2) is 8.37. The number of benzene rings is 1. The molecule has 2 saturated heterocycles. The standard InChI is InChI=1S/C19H24FN3O4/c1-2-27-19(26)22-8-6-16(7-9-22)23-12-13(10-17(23)24)18(25)21-15-5-3-4-14(20)11-15/h3-5,11,13,16H,2,6-10,12H2,1H3,(H,21,25). The molecular formula is C19H24FN3O4. The van der Waals surface area contributed by atoms with Crippen LogP contribution in [-0.2, 0) is 14.3 Å². The third kappa shape index (κ3) is 4.56. The number of halogens is 1. The van der Waals surface area contributed by atoms with Gasteiger partial charge >= 0.3 is 6.09 Å². The topological polar surface area (TPSA) is 79.0 Å². The zero-order chi connectivity index (χ0) is 19.4. The number of amides is 3. The van der Waals surface area contributed by atoms with Crippen molar-refractivity contribution in [3.8, 4) is 0 Å². The third-order valence-corrected chi connectivity index (χ3v) is 5.05. The minimum Gasteiger partial charge on any atom is -0.450 e. The van der Waals surface area contributed by atoms with Crippen LogP contribution in [0.1, 0.15) is 26.2 Å². The zero-order valence-electron chi connectivity index (χ0n) is 15.3. The maximum atomic E-state index is 13.2. The van der Waals surface area contributed by atoms with Crippen LogP contribution in [0.4, 0.5) is 14.9 Å². The Bertz CT molecular complexity index is 719. The Morgan fingerprint density at radius 1 is 1.30 bits per heavy atom. The van der Waals surface area contributed by atoms with E-state index in [0.29, 0.717) is 44.8 Å².